The van der Waals surface area contributed by atoms with Crippen LogP contribution in [0.4, 0.5) is 0 Å². The molecular weight excluding hydrogens is 160 g/mol. The van der Waals surface area contributed by atoms with Gasteiger partial charge in [0.15, 0.2) is 0 Å². The maximum Gasteiger partial charge on any atom is 0.0986 e. The van der Waals surface area contributed by atoms with Gasteiger partial charge in [-0.2, -0.15) is 0 Å². The van der Waals surface area contributed by atoms with E-state index in [-0.39, 0.29) is 0 Å². The molecule has 0 saturated carbocycles. The molecule has 0 aromatic carbocycles. The third-order valence-corrected chi connectivity index (χ3v) is 2.64. The minimum Gasteiger partial charge on any atom is -0.363 e. The summed E-state index contributed by atoms with van der Waals surface area (Å²) in [6, 6.07) is 0. The van der Waals surface area contributed by atoms with Crippen molar-refractivity contribution in [2.45, 2.75) is 45.4 Å². The van der Waals surface area contributed by atoms with Gasteiger partial charge in [0, 0.05) is 26.6 Å². The minimum absolute atomic E-state index is 1.05. The Kier molecular flexibility index (Phi) is 4.87. The molecule has 0 N–H and O–H groups in total. The van der Waals surface area contributed by atoms with Crippen molar-refractivity contribution in [2.24, 2.45) is 4.99 Å². The summed E-state index contributed by atoms with van der Waals surface area (Å²) in [6.07, 6.45) is 7.72. The fourth-order valence-corrected chi connectivity index (χ4v) is 1.69. The second kappa shape index (κ2) is 6.01. The molecule has 0 fully saturated rings. The van der Waals surface area contributed by atoms with E-state index in [1.807, 2.05) is 0 Å². The summed E-state index contributed by atoms with van der Waals surface area (Å²) in [7, 11) is 2.18. The maximum atomic E-state index is 4.62. The van der Waals surface area contributed by atoms with Crippen LogP contribution >= 0.6 is 0 Å². The minimum atomic E-state index is 1.05. The molecule has 2 heteroatoms. The van der Waals surface area contributed by atoms with Crippen LogP contribution in [0.1, 0.15) is 45.4 Å². The van der Waals surface area contributed by atoms with Crippen LogP contribution in [0.25, 0.3) is 0 Å². The van der Waals surface area contributed by atoms with E-state index in [1.165, 1.54) is 50.9 Å². The lowest BCUT2D eigenvalue weighted by atomic mass is 10.2. The summed E-state index contributed by atoms with van der Waals surface area (Å²) in [5.74, 6) is 1.34. The molecular formula is C11H22N2. The Labute approximate surface area is 82.0 Å². The first-order valence-electron chi connectivity index (χ1n) is 5.59. The van der Waals surface area contributed by atoms with Crippen molar-refractivity contribution in [1.82, 2.24) is 4.90 Å². The third-order valence-electron chi connectivity index (χ3n) is 2.64. The second-order valence-corrected chi connectivity index (χ2v) is 3.88. The summed E-state index contributed by atoms with van der Waals surface area (Å²) >= 11 is 0. The van der Waals surface area contributed by atoms with Crippen LogP contribution in [-0.2, 0) is 0 Å². The molecule has 0 spiro atoms. The van der Waals surface area contributed by atoms with Crippen LogP contribution in [0.3, 0.4) is 0 Å². The highest BCUT2D eigenvalue weighted by Gasteiger charge is 2.07. The normalized spacial score (nSPS) is 17.8. The van der Waals surface area contributed by atoms with Crippen molar-refractivity contribution in [3.05, 3.63) is 0 Å². The number of rotatable bonds is 3. The SMILES string of the molecule is CCCCN(C)C1=NCCCCC1. The summed E-state index contributed by atoms with van der Waals surface area (Å²) in [6.45, 7) is 4.46. The lowest BCUT2D eigenvalue weighted by molar-refractivity contribution is 0.472. The van der Waals surface area contributed by atoms with Crippen molar-refractivity contribution in [2.75, 3.05) is 20.1 Å². The van der Waals surface area contributed by atoms with Crippen LogP contribution in [0.15, 0.2) is 4.99 Å². The number of nitrogens with zero attached hydrogens (tertiary/aromatic N) is 2. The Bertz CT molecular complexity index is 163. The fraction of sp³-hybridized carbons (Fsp3) is 0.909. The second-order valence-electron chi connectivity index (χ2n) is 3.88. The molecule has 1 aliphatic heterocycles. The zero-order valence-electron chi connectivity index (χ0n) is 9.05. The van der Waals surface area contributed by atoms with Gasteiger partial charge in [-0.25, -0.2) is 0 Å². The Balaban J connectivity index is 2.34. The lowest BCUT2D eigenvalue weighted by Gasteiger charge is -2.20. The van der Waals surface area contributed by atoms with Crippen LogP contribution < -0.4 is 0 Å². The van der Waals surface area contributed by atoms with Crippen LogP contribution in [-0.4, -0.2) is 30.9 Å². The predicted molar refractivity (Wildman–Crippen MR) is 58.3 cm³/mol. The quantitative estimate of drug-likeness (QED) is 0.655. The van der Waals surface area contributed by atoms with Crippen molar-refractivity contribution >= 4 is 5.84 Å². The van der Waals surface area contributed by atoms with Gasteiger partial charge < -0.3 is 4.90 Å². The molecule has 13 heavy (non-hydrogen) atoms. The Hall–Kier alpha value is -0.530. The zero-order chi connectivity index (χ0) is 9.52. The highest BCUT2D eigenvalue weighted by molar-refractivity contribution is 5.82. The fourth-order valence-electron chi connectivity index (χ4n) is 1.69. The summed E-state index contributed by atoms with van der Waals surface area (Å²) in [4.78, 5) is 6.96. The van der Waals surface area contributed by atoms with E-state index >= 15 is 0 Å². The first-order valence-corrected chi connectivity index (χ1v) is 5.59. The Morgan fingerprint density at radius 2 is 2.15 bits per heavy atom. The van der Waals surface area contributed by atoms with E-state index in [2.05, 4.69) is 23.9 Å². The van der Waals surface area contributed by atoms with Gasteiger partial charge in [-0.1, -0.05) is 19.8 Å². The molecule has 0 radical (unpaired) electrons. The van der Waals surface area contributed by atoms with Crippen LogP contribution in [0.2, 0.25) is 0 Å². The standard InChI is InChI=1S/C11H22N2/c1-3-4-10-13(2)11-8-6-5-7-9-12-11/h3-10H2,1-2H3. The number of amidine groups is 1. The predicted octanol–water partition coefficient (Wildman–Crippen LogP) is 2.69. The van der Waals surface area contributed by atoms with Gasteiger partial charge in [0.1, 0.15) is 0 Å². The van der Waals surface area contributed by atoms with E-state index < -0.39 is 0 Å². The van der Waals surface area contributed by atoms with Gasteiger partial charge >= 0.3 is 0 Å². The molecule has 0 aromatic heterocycles. The van der Waals surface area contributed by atoms with Gasteiger partial charge in [0.05, 0.1) is 5.84 Å². The third kappa shape index (κ3) is 3.79. The highest BCUT2D eigenvalue weighted by Crippen LogP contribution is 2.09. The molecule has 0 atom stereocenters. The number of aliphatic imine (C=N–C) groups is 1. The average molecular weight is 182 g/mol. The molecule has 0 unspecified atom stereocenters. The van der Waals surface area contributed by atoms with Crippen molar-refractivity contribution in [1.29, 1.82) is 0 Å². The van der Waals surface area contributed by atoms with E-state index in [0.29, 0.717) is 0 Å². The molecule has 1 rings (SSSR count). The number of unbranched alkanes of at least 4 members (excludes halogenated alkanes) is 1. The van der Waals surface area contributed by atoms with E-state index in [9.17, 15) is 0 Å². The number of hydrogen-bond acceptors (Lipinski definition) is 2. The highest BCUT2D eigenvalue weighted by atomic mass is 15.2. The van der Waals surface area contributed by atoms with Crippen LogP contribution in [0.5, 0.6) is 0 Å². The molecule has 1 heterocycles. The van der Waals surface area contributed by atoms with Crippen molar-refractivity contribution in [3.63, 3.8) is 0 Å². The zero-order valence-corrected chi connectivity index (χ0v) is 9.05. The molecule has 76 valence electrons. The van der Waals surface area contributed by atoms with Crippen LogP contribution in [0, 0.1) is 0 Å². The average Bonchev–Trinajstić information content (AvgIpc) is 2.42. The summed E-state index contributed by atoms with van der Waals surface area (Å²) in [5, 5.41) is 0. The largest absolute Gasteiger partial charge is 0.363 e. The lowest BCUT2D eigenvalue weighted by Crippen LogP contribution is -2.27. The van der Waals surface area contributed by atoms with Crippen molar-refractivity contribution in [3.8, 4) is 0 Å². The monoisotopic (exact) mass is 182 g/mol. The van der Waals surface area contributed by atoms with Gasteiger partial charge in [0.2, 0.25) is 0 Å². The van der Waals surface area contributed by atoms with E-state index in [1.54, 1.807) is 0 Å². The van der Waals surface area contributed by atoms with Gasteiger partial charge in [0.25, 0.3) is 0 Å². The first kappa shape index (κ1) is 10.6. The number of hydrogen-bond donors (Lipinski definition) is 0. The Morgan fingerprint density at radius 1 is 1.31 bits per heavy atom. The molecule has 0 bridgehead atoms. The molecule has 1 aliphatic rings. The van der Waals surface area contributed by atoms with Gasteiger partial charge in [-0.05, 0) is 19.3 Å². The molecule has 0 saturated heterocycles. The van der Waals surface area contributed by atoms with Gasteiger partial charge in [-0.3, -0.25) is 4.99 Å². The Morgan fingerprint density at radius 3 is 2.92 bits per heavy atom. The van der Waals surface area contributed by atoms with E-state index in [4.69, 9.17) is 0 Å². The first-order chi connectivity index (χ1) is 6.34. The summed E-state index contributed by atoms with van der Waals surface area (Å²) in [5.41, 5.74) is 0. The topological polar surface area (TPSA) is 15.6 Å². The molecule has 0 amide bonds. The molecule has 0 aromatic rings. The van der Waals surface area contributed by atoms with Crippen molar-refractivity contribution < 1.29 is 0 Å². The molecule has 0 aliphatic carbocycles. The summed E-state index contributed by atoms with van der Waals surface area (Å²) < 4.78 is 0. The van der Waals surface area contributed by atoms with Gasteiger partial charge in [-0.15, -0.1) is 0 Å². The van der Waals surface area contributed by atoms with E-state index in [0.717, 1.165) is 6.54 Å². The smallest absolute Gasteiger partial charge is 0.0986 e. The maximum absolute atomic E-state index is 4.62. The molecule has 2 nitrogen and oxygen atoms in total.